The SMILES string of the molecule is Cc1oc2ncnc(N3CCC[C@@H](C(=O)N4CCN(C5CCCCC5)CC4)C3)c2c1C. The number of fused-ring (bicyclic) bond motifs is 1. The number of nitrogens with zero attached hydrogens (tertiary/aromatic N) is 5. The molecule has 3 fully saturated rings. The fraction of sp³-hybridized carbons (Fsp3) is 0.708. The van der Waals surface area contributed by atoms with Crippen molar-refractivity contribution in [3.8, 4) is 0 Å². The van der Waals surface area contributed by atoms with Gasteiger partial charge in [0.15, 0.2) is 0 Å². The number of hydrogen-bond donors (Lipinski definition) is 0. The Morgan fingerprint density at radius 1 is 0.968 bits per heavy atom. The van der Waals surface area contributed by atoms with E-state index in [1.54, 1.807) is 6.33 Å². The van der Waals surface area contributed by atoms with Crippen molar-refractivity contribution in [2.75, 3.05) is 44.2 Å². The van der Waals surface area contributed by atoms with E-state index in [0.29, 0.717) is 11.6 Å². The van der Waals surface area contributed by atoms with Gasteiger partial charge in [-0.05, 0) is 39.5 Å². The average Bonchev–Trinajstić information content (AvgIpc) is 3.13. The zero-order chi connectivity index (χ0) is 21.4. The zero-order valence-electron chi connectivity index (χ0n) is 19.0. The molecule has 5 rings (SSSR count). The summed E-state index contributed by atoms with van der Waals surface area (Å²) < 4.78 is 5.80. The Bertz CT molecular complexity index is 927. The molecule has 0 unspecified atom stereocenters. The van der Waals surface area contributed by atoms with Crippen molar-refractivity contribution in [1.82, 2.24) is 19.8 Å². The lowest BCUT2D eigenvalue weighted by atomic mass is 9.93. The van der Waals surface area contributed by atoms with Gasteiger partial charge in [-0.25, -0.2) is 9.97 Å². The normalized spacial score (nSPS) is 24.1. The second-order valence-corrected chi connectivity index (χ2v) is 9.60. The highest BCUT2D eigenvalue weighted by atomic mass is 16.3. The lowest BCUT2D eigenvalue weighted by Gasteiger charge is -2.42. The first-order valence-corrected chi connectivity index (χ1v) is 12.1. The molecule has 2 saturated heterocycles. The van der Waals surface area contributed by atoms with Gasteiger partial charge in [-0.15, -0.1) is 0 Å². The molecule has 1 saturated carbocycles. The molecule has 7 heteroatoms. The second kappa shape index (κ2) is 8.77. The van der Waals surface area contributed by atoms with E-state index < -0.39 is 0 Å². The van der Waals surface area contributed by atoms with E-state index in [9.17, 15) is 4.79 Å². The largest absolute Gasteiger partial charge is 0.443 e. The van der Waals surface area contributed by atoms with Gasteiger partial charge in [0, 0.05) is 50.9 Å². The minimum Gasteiger partial charge on any atom is -0.443 e. The maximum atomic E-state index is 13.4. The molecular weight excluding hydrogens is 390 g/mol. The lowest BCUT2D eigenvalue weighted by Crippen LogP contribution is -2.54. The Kier molecular flexibility index (Phi) is 5.87. The minimum atomic E-state index is 0.0494. The number of hydrogen-bond acceptors (Lipinski definition) is 6. The summed E-state index contributed by atoms with van der Waals surface area (Å²) in [4.78, 5) is 29.3. The summed E-state index contributed by atoms with van der Waals surface area (Å²) in [5.74, 6) is 2.18. The second-order valence-electron chi connectivity index (χ2n) is 9.60. The maximum absolute atomic E-state index is 13.4. The molecule has 1 aliphatic carbocycles. The number of carbonyl (C=O) groups is 1. The smallest absolute Gasteiger partial charge is 0.231 e. The van der Waals surface area contributed by atoms with Gasteiger partial charge >= 0.3 is 0 Å². The Labute approximate surface area is 184 Å². The van der Waals surface area contributed by atoms with Gasteiger partial charge in [-0.3, -0.25) is 9.69 Å². The summed E-state index contributed by atoms with van der Waals surface area (Å²) in [6.45, 7) is 9.52. The molecule has 0 spiro atoms. The topological polar surface area (TPSA) is 65.7 Å². The van der Waals surface area contributed by atoms with E-state index >= 15 is 0 Å². The number of piperazine rings is 1. The Morgan fingerprint density at radius 2 is 1.74 bits per heavy atom. The van der Waals surface area contributed by atoms with Crippen LogP contribution in [0.5, 0.6) is 0 Å². The van der Waals surface area contributed by atoms with E-state index in [-0.39, 0.29) is 5.92 Å². The molecule has 1 amide bonds. The summed E-state index contributed by atoms with van der Waals surface area (Å²) in [7, 11) is 0. The highest BCUT2D eigenvalue weighted by Gasteiger charge is 2.33. The molecule has 2 aromatic heterocycles. The standard InChI is InChI=1S/C24H35N5O2/c1-17-18(2)31-23-21(17)22(25-16-26-23)29-10-6-7-19(15-29)24(30)28-13-11-27(12-14-28)20-8-4-3-5-9-20/h16,19-20H,3-15H2,1-2H3/t19-/m1/s1. The highest BCUT2D eigenvalue weighted by molar-refractivity contribution is 5.90. The number of piperidine rings is 1. The van der Waals surface area contributed by atoms with Gasteiger partial charge in [0.2, 0.25) is 11.6 Å². The van der Waals surface area contributed by atoms with Crippen LogP contribution >= 0.6 is 0 Å². The monoisotopic (exact) mass is 425 g/mol. The van der Waals surface area contributed by atoms with Crippen LogP contribution < -0.4 is 4.90 Å². The van der Waals surface area contributed by atoms with E-state index in [0.717, 1.165) is 80.7 Å². The molecule has 7 nitrogen and oxygen atoms in total. The van der Waals surface area contributed by atoms with Gasteiger partial charge < -0.3 is 14.2 Å². The molecular formula is C24H35N5O2. The molecule has 0 bridgehead atoms. The molecule has 4 heterocycles. The summed E-state index contributed by atoms with van der Waals surface area (Å²) in [5, 5.41) is 0.995. The number of furan rings is 1. The van der Waals surface area contributed by atoms with E-state index in [1.165, 1.54) is 32.1 Å². The molecule has 31 heavy (non-hydrogen) atoms. The average molecular weight is 426 g/mol. The third-order valence-electron chi connectivity index (χ3n) is 7.73. The van der Waals surface area contributed by atoms with Crippen LogP contribution in [0.1, 0.15) is 56.3 Å². The van der Waals surface area contributed by atoms with Crippen molar-refractivity contribution >= 4 is 22.8 Å². The third-order valence-corrected chi connectivity index (χ3v) is 7.73. The third kappa shape index (κ3) is 4.04. The maximum Gasteiger partial charge on any atom is 0.231 e. The molecule has 3 aliphatic rings. The van der Waals surface area contributed by atoms with E-state index in [1.807, 2.05) is 6.92 Å². The first-order chi connectivity index (χ1) is 15.1. The molecule has 2 aromatic rings. The van der Waals surface area contributed by atoms with Crippen molar-refractivity contribution in [2.45, 2.75) is 64.8 Å². The van der Waals surface area contributed by atoms with Crippen LogP contribution in [0.25, 0.3) is 11.1 Å². The van der Waals surface area contributed by atoms with E-state index in [2.05, 4.69) is 31.6 Å². The Hall–Kier alpha value is -2.15. The van der Waals surface area contributed by atoms with Crippen molar-refractivity contribution < 1.29 is 9.21 Å². The van der Waals surface area contributed by atoms with Crippen LogP contribution in [0.3, 0.4) is 0 Å². The van der Waals surface area contributed by atoms with Gasteiger partial charge in [0.25, 0.3) is 0 Å². The van der Waals surface area contributed by atoms with Crippen molar-refractivity contribution in [3.05, 3.63) is 17.7 Å². The van der Waals surface area contributed by atoms with Crippen LogP contribution in [-0.2, 0) is 4.79 Å². The summed E-state index contributed by atoms with van der Waals surface area (Å²) in [6.07, 6.45) is 10.4. The number of carbonyl (C=O) groups excluding carboxylic acids is 1. The van der Waals surface area contributed by atoms with Crippen molar-refractivity contribution in [2.24, 2.45) is 5.92 Å². The number of amides is 1. The summed E-state index contributed by atoms with van der Waals surface area (Å²) >= 11 is 0. The fourth-order valence-corrected chi connectivity index (χ4v) is 5.79. The van der Waals surface area contributed by atoms with Crippen LogP contribution in [0, 0.1) is 19.8 Å². The molecule has 0 N–H and O–H groups in total. The van der Waals surface area contributed by atoms with Crippen molar-refractivity contribution in [3.63, 3.8) is 0 Å². The summed E-state index contributed by atoms with van der Waals surface area (Å²) in [5.41, 5.74) is 1.74. The Morgan fingerprint density at radius 3 is 2.52 bits per heavy atom. The number of aryl methyl sites for hydroxylation is 2. The van der Waals surface area contributed by atoms with Crippen LogP contribution in [-0.4, -0.2) is 71.0 Å². The van der Waals surface area contributed by atoms with E-state index in [4.69, 9.17) is 4.42 Å². The quantitative estimate of drug-likeness (QED) is 0.750. The molecule has 0 radical (unpaired) electrons. The van der Waals surface area contributed by atoms with Gasteiger partial charge in [0.1, 0.15) is 17.9 Å². The van der Waals surface area contributed by atoms with Crippen LogP contribution in [0.2, 0.25) is 0 Å². The first-order valence-electron chi connectivity index (χ1n) is 12.1. The predicted octanol–water partition coefficient (Wildman–Crippen LogP) is 3.53. The summed E-state index contributed by atoms with van der Waals surface area (Å²) in [6, 6.07) is 0.748. The fourth-order valence-electron chi connectivity index (χ4n) is 5.79. The zero-order valence-corrected chi connectivity index (χ0v) is 19.0. The number of rotatable bonds is 3. The van der Waals surface area contributed by atoms with Crippen LogP contribution in [0.4, 0.5) is 5.82 Å². The first kappa shape index (κ1) is 20.7. The molecule has 2 aliphatic heterocycles. The van der Waals surface area contributed by atoms with Gasteiger partial charge in [0.05, 0.1) is 11.3 Å². The number of aromatic nitrogens is 2. The van der Waals surface area contributed by atoms with Crippen molar-refractivity contribution in [1.29, 1.82) is 0 Å². The van der Waals surface area contributed by atoms with Gasteiger partial charge in [-0.2, -0.15) is 0 Å². The molecule has 1 atom stereocenters. The van der Waals surface area contributed by atoms with Gasteiger partial charge in [-0.1, -0.05) is 19.3 Å². The lowest BCUT2D eigenvalue weighted by molar-refractivity contribution is -0.138. The Balaban J connectivity index is 1.24. The highest BCUT2D eigenvalue weighted by Crippen LogP contribution is 2.33. The molecule has 168 valence electrons. The molecule has 0 aromatic carbocycles. The predicted molar refractivity (Wildman–Crippen MR) is 121 cm³/mol. The minimum absolute atomic E-state index is 0.0494. The van der Waals surface area contributed by atoms with Crippen LogP contribution in [0.15, 0.2) is 10.7 Å². The number of anilines is 1.